The van der Waals surface area contributed by atoms with E-state index >= 15 is 0 Å². The van der Waals surface area contributed by atoms with Gasteiger partial charge in [0.1, 0.15) is 11.6 Å². The number of ether oxygens (including phenoxy) is 2. The molecule has 2 aromatic carbocycles. The zero-order chi connectivity index (χ0) is 20.5. The number of hydrogen-bond donors (Lipinski definition) is 2. The summed E-state index contributed by atoms with van der Waals surface area (Å²) >= 11 is 0. The molecule has 7 heteroatoms. The highest BCUT2D eigenvalue weighted by molar-refractivity contribution is 5.96. The quantitative estimate of drug-likeness (QED) is 0.531. The van der Waals surface area contributed by atoms with Gasteiger partial charge in [-0.1, -0.05) is 24.3 Å². The van der Waals surface area contributed by atoms with E-state index in [0.717, 1.165) is 12.2 Å². The van der Waals surface area contributed by atoms with Gasteiger partial charge < -0.3 is 20.1 Å². The number of nitrogens with one attached hydrogen (secondary N) is 2. The van der Waals surface area contributed by atoms with Gasteiger partial charge in [-0.15, -0.1) is 0 Å². The van der Waals surface area contributed by atoms with Crippen LogP contribution in [0.1, 0.15) is 22.8 Å². The Morgan fingerprint density at radius 2 is 1.97 bits per heavy atom. The Morgan fingerprint density at radius 3 is 2.79 bits per heavy atom. The fourth-order valence-corrected chi connectivity index (χ4v) is 2.78. The van der Waals surface area contributed by atoms with E-state index in [9.17, 15) is 4.79 Å². The molecule has 29 heavy (non-hydrogen) atoms. The highest BCUT2D eigenvalue weighted by atomic mass is 16.5. The van der Waals surface area contributed by atoms with E-state index < -0.39 is 0 Å². The third kappa shape index (κ3) is 5.68. The minimum atomic E-state index is -0.386. The molecular formula is C22H24N4O3. The number of methoxy groups -OCH3 is 1. The van der Waals surface area contributed by atoms with Crippen molar-refractivity contribution in [2.24, 2.45) is 0 Å². The van der Waals surface area contributed by atoms with E-state index in [1.54, 1.807) is 44.5 Å². The summed E-state index contributed by atoms with van der Waals surface area (Å²) in [5, 5.41) is 6.39. The maximum atomic E-state index is 12.1. The zero-order valence-electron chi connectivity index (χ0n) is 16.5. The molecule has 150 valence electrons. The van der Waals surface area contributed by atoms with Gasteiger partial charge in [0, 0.05) is 12.7 Å². The van der Waals surface area contributed by atoms with Crippen molar-refractivity contribution in [1.82, 2.24) is 9.97 Å². The summed E-state index contributed by atoms with van der Waals surface area (Å²) in [5.74, 6) is 1.55. The number of esters is 1. The van der Waals surface area contributed by atoms with Crippen molar-refractivity contribution in [3.05, 3.63) is 71.9 Å². The number of aromatic nitrogens is 2. The van der Waals surface area contributed by atoms with E-state index in [-0.39, 0.29) is 5.97 Å². The molecular weight excluding hydrogens is 368 g/mol. The molecule has 0 atom stereocenters. The number of anilines is 3. The fraction of sp³-hybridized carbons (Fsp3) is 0.227. The van der Waals surface area contributed by atoms with Crippen molar-refractivity contribution >= 4 is 23.4 Å². The number of carbonyl (C=O) groups is 1. The smallest absolute Gasteiger partial charge is 0.340 e. The maximum Gasteiger partial charge on any atom is 0.340 e. The second kappa shape index (κ2) is 10.1. The third-order valence-electron chi connectivity index (χ3n) is 4.18. The minimum absolute atomic E-state index is 0.316. The van der Waals surface area contributed by atoms with Crippen LogP contribution < -0.4 is 15.4 Å². The molecule has 0 saturated carbocycles. The van der Waals surface area contributed by atoms with Gasteiger partial charge in [0.2, 0.25) is 5.95 Å². The Labute approximate surface area is 170 Å². The lowest BCUT2D eigenvalue weighted by molar-refractivity contribution is 0.0527. The number of benzene rings is 2. The van der Waals surface area contributed by atoms with Crippen LogP contribution in [0.3, 0.4) is 0 Å². The normalized spacial score (nSPS) is 10.3. The topological polar surface area (TPSA) is 85.4 Å². The lowest BCUT2D eigenvalue weighted by Crippen LogP contribution is -2.10. The van der Waals surface area contributed by atoms with E-state index in [2.05, 4.69) is 26.7 Å². The molecule has 0 amide bonds. The minimum Gasteiger partial charge on any atom is -0.497 e. The van der Waals surface area contributed by atoms with E-state index in [1.807, 2.05) is 24.3 Å². The molecule has 0 aliphatic rings. The molecule has 2 N–H and O–H groups in total. The molecule has 1 heterocycles. The number of nitrogens with zero attached hydrogens (tertiary/aromatic N) is 2. The molecule has 0 unspecified atom stereocenters. The van der Waals surface area contributed by atoms with Gasteiger partial charge in [-0.2, -0.15) is 4.98 Å². The van der Waals surface area contributed by atoms with Crippen molar-refractivity contribution in [2.45, 2.75) is 13.3 Å². The molecule has 0 bridgehead atoms. The van der Waals surface area contributed by atoms with Crippen LogP contribution in [0.4, 0.5) is 17.5 Å². The summed E-state index contributed by atoms with van der Waals surface area (Å²) in [7, 11) is 1.66. The molecule has 0 aliphatic heterocycles. The summed E-state index contributed by atoms with van der Waals surface area (Å²) in [6.07, 6.45) is 2.49. The maximum absolute atomic E-state index is 12.1. The zero-order valence-corrected chi connectivity index (χ0v) is 16.5. The number of hydrogen-bond acceptors (Lipinski definition) is 7. The number of carbonyl (C=O) groups excluding carboxylic acids is 1. The van der Waals surface area contributed by atoms with Crippen LogP contribution in [0.2, 0.25) is 0 Å². The van der Waals surface area contributed by atoms with Gasteiger partial charge in [-0.05, 0) is 49.2 Å². The van der Waals surface area contributed by atoms with Crippen molar-refractivity contribution in [3.8, 4) is 5.75 Å². The van der Waals surface area contributed by atoms with Crippen LogP contribution in [-0.2, 0) is 11.2 Å². The Kier molecular flexibility index (Phi) is 7.00. The highest BCUT2D eigenvalue weighted by Gasteiger charge is 2.12. The first-order valence-corrected chi connectivity index (χ1v) is 9.42. The van der Waals surface area contributed by atoms with Gasteiger partial charge in [-0.3, -0.25) is 0 Å². The van der Waals surface area contributed by atoms with Crippen LogP contribution in [-0.4, -0.2) is 36.2 Å². The molecule has 0 fully saturated rings. The summed E-state index contributed by atoms with van der Waals surface area (Å²) in [6.45, 7) is 2.80. The molecule has 0 radical (unpaired) electrons. The van der Waals surface area contributed by atoms with E-state index in [1.165, 1.54) is 5.56 Å². The summed E-state index contributed by atoms with van der Waals surface area (Å²) < 4.78 is 10.4. The summed E-state index contributed by atoms with van der Waals surface area (Å²) in [6, 6.07) is 16.9. The van der Waals surface area contributed by atoms with Crippen LogP contribution in [0.15, 0.2) is 60.8 Å². The average Bonchev–Trinajstić information content (AvgIpc) is 2.75. The van der Waals surface area contributed by atoms with Crippen LogP contribution in [0.5, 0.6) is 5.75 Å². The van der Waals surface area contributed by atoms with Crippen LogP contribution >= 0.6 is 0 Å². The van der Waals surface area contributed by atoms with Gasteiger partial charge in [0.25, 0.3) is 0 Å². The molecule has 0 spiro atoms. The number of rotatable bonds is 9. The standard InChI is InChI=1S/C22H24N4O3/c1-3-29-21(27)18-9-4-5-10-19(18)25-22-24-14-12-20(26-22)23-13-11-16-7-6-8-17(15-16)28-2/h4-10,12,14-15H,3,11,13H2,1-2H3,(H2,23,24,25,26). The van der Waals surface area contributed by atoms with Gasteiger partial charge in [0.05, 0.1) is 25.0 Å². The highest BCUT2D eigenvalue weighted by Crippen LogP contribution is 2.20. The van der Waals surface area contributed by atoms with Crippen molar-refractivity contribution in [2.75, 3.05) is 30.9 Å². The Bertz CT molecular complexity index is 962. The monoisotopic (exact) mass is 392 g/mol. The summed E-state index contributed by atoms with van der Waals surface area (Å²) in [4.78, 5) is 20.8. The first-order valence-electron chi connectivity index (χ1n) is 9.42. The average molecular weight is 392 g/mol. The second-order valence-corrected chi connectivity index (χ2v) is 6.18. The van der Waals surface area contributed by atoms with Crippen LogP contribution in [0, 0.1) is 0 Å². The molecule has 3 aromatic rings. The molecule has 0 saturated heterocycles. The van der Waals surface area contributed by atoms with E-state index in [4.69, 9.17) is 9.47 Å². The first-order chi connectivity index (χ1) is 14.2. The van der Waals surface area contributed by atoms with E-state index in [0.29, 0.717) is 36.2 Å². The lowest BCUT2D eigenvalue weighted by atomic mass is 10.1. The van der Waals surface area contributed by atoms with Crippen molar-refractivity contribution in [3.63, 3.8) is 0 Å². The predicted octanol–water partition coefficient (Wildman–Crippen LogP) is 4.06. The molecule has 3 rings (SSSR count). The predicted molar refractivity (Wildman–Crippen MR) is 113 cm³/mol. The van der Waals surface area contributed by atoms with Gasteiger partial charge in [0.15, 0.2) is 0 Å². The fourth-order valence-electron chi connectivity index (χ4n) is 2.78. The Balaban J connectivity index is 1.63. The summed E-state index contributed by atoms with van der Waals surface area (Å²) in [5.41, 5.74) is 2.21. The molecule has 0 aliphatic carbocycles. The third-order valence-corrected chi connectivity index (χ3v) is 4.18. The Hall–Kier alpha value is -3.61. The lowest BCUT2D eigenvalue weighted by Gasteiger charge is -2.11. The second-order valence-electron chi connectivity index (χ2n) is 6.18. The van der Waals surface area contributed by atoms with Gasteiger partial charge in [-0.25, -0.2) is 9.78 Å². The van der Waals surface area contributed by atoms with Crippen molar-refractivity contribution in [1.29, 1.82) is 0 Å². The van der Waals surface area contributed by atoms with Crippen molar-refractivity contribution < 1.29 is 14.3 Å². The number of para-hydroxylation sites is 1. The molecule has 7 nitrogen and oxygen atoms in total. The van der Waals surface area contributed by atoms with Gasteiger partial charge >= 0.3 is 5.97 Å². The first kappa shape index (κ1) is 20.1. The van der Waals surface area contributed by atoms with Crippen LogP contribution in [0.25, 0.3) is 0 Å². The molecule has 1 aromatic heterocycles. The largest absolute Gasteiger partial charge is 0.497 e. The SMILES string of the molecule is CCOC(=O)c1ccccc1Nc1nccc(NCCc2cccc(OC)c2)n1. The Morgan fingerprint density at radius 1 is 1.10 bits per heavy atom.